The summed E-state index contributed by atoms with van der Waals surface area (Å²) in [5.41, 5.74) is 3.54. The maximum Gasteiger partial charge on any atom is 0.573 e. The van der Waals surface area contributed by atoms with Gasteiger partial charge >= 0.3 is 12.5 Å². The Morgan fingerprint density at radius 3 is 2.19 bits per heavy atom. The summed E-state index contributed by atoms with van der Waals surface area (Å²) < 4.78 is 92.4. The second-order valence-electron chi connectivity index (χ2n) is 7.38. The lowest BCUT2D eigenvalue weighted by Crippen LogP contribution is -2.18. The molecule has 3 aromatic rings. The Hall–Kier alpha value is -4.49. The van der Waals surface area contributed by atoms with Gasteiger partial charge in [0.05, 0.1) is 30.1 Å². The van der Waals surface area contributed by atoms with E-state index in [-0.39, 0.29) is 34.0 Å². The quantitative estimate of drug-likeness (QED) is 0.393. The third-order valence-corrected chi connectivity index (χ3v) is 4.72. The number of pyridine rings is 1. The third-order valence-electron chi connectivity index (χ3n) is 4.72. The molecule has 0 fully saturated rings. The average molecular weight is 529 g/mol. The van der Waals surface area contributed by atoms with Gasteiger partial charge in [0.15, 0.2) is 11.5 Å². The van der Waals surface area contributed by atoms with Crippen LogP contribution in [0.4, 0.5) is 32.0 Å². The molecule has 1 heterocycles. The number of nitrogens with two attached hydrogens (primary N) is 1. The maximum absolute atomic E-state index is 13.5. The topological polar surface area (TPSA) is 113 Å². The van der Waals surface area contributed by atoms with Crippen molar-refractivity contribution in [1.29, 1.82) is 0 Å². The van der Waals surface area contributed by atoms with Crippen LogP contribution in [0, 0.1) is 6.92 Å². The first-order valence-corrected chi connectivity index (χ1v) is 10.1. The Morgan fingerprint density at radius 1 is 0.946 bits per heavy atom. The molecule has 196 valence electrons. The maximum atomic E-state index is 13.5. The molecule has 3 rings (SSSR count). The summed E-state index contributed by atoms with van der Waals surface area (Å²) in [4.78, 5) is 27.9. The molecule has 14 heteroatoms. The summed E-state index contributed by atoms with van der Waals surface area (Å²) in [6.07, 6.45) is -8.69. The van der Waals surface area contributed by atoms with Gasteiger partial charge in [-0.2, -0.15) is 13.2 Å². The van der Waals surface area contributed by atoms with Gasteiger partial charge in [-0.15, -0.1) is 13.2 Å². The Balaban J connectivity index is 2.03. The number of primary amides is 1. The van der Waals surface area contributed by atoms with E-state index in [0.29, 0.717) is 6.07 Å². The summed E-state index contributed by atoms with van der Waals surface area (Å²) in [5.74, 6) is -3.54. The van der Waals surface area contributed by atoms with Gasteiger partial charge in [0.25, 0.3) is 11.8 Å². The van der Waals surface area contributed by atoms with Gasteiger partial charge in [-0.05, 0) is 48.9 Å². The highest BCUT2D eigenvalue weighted by atomic mass is 19.4. The minimum absolute atomic E-state index is 0.0854. The summed E-state index contributed by atoms with van der Waals surface area (Å²) in [5, 5.41) is 2.42. The standard InChI is InChI=1S/C23H17F6N3O5/c1-11-7-12(22(24,25)26)8-18(19(11)21(34)32-13-3-5-15(20(30)33)31-10-13)36-16-6-4-14(9-17(16)35-2)37-23(27,28)29/h3-10H,1-2H3,(H2,30,33)(H,32,34). The van der Waals surface area contributed by atoms with Gasteiger partial charge in [0.1, 0.15) is 17.2 Å². The van der Waals surface area contributed by atoms with Crippen LogP contribution < -0.4 is 25.3 Å². The first-order chi connectivity index (χ1) is 17.2. The number of alkyl halides is 6. The van der Waals surface area contributed by atoms with Crippen molar-refractivity contribution >= 4 is 17.5 Å². The van der Waals surface area contributed by atoms with Crippen LogP contribution in [0.1, 0.15) is 32.0 Å². The molecule has 0 radical (unpaired) electrons. The van der Waals surface area contributed by atoms with Crippen molar-refractivity contribution < 1.29 is 50.1 Å². The fourth-order valence-corrected chi connectivity index (χ4v) is 3.14. The van der Waals surface area contributed by atoms with Crippen molar-refractivity contribution in [2.45, 2.75) is 19.5 Å². The van der Waals surface area contributed by atoms with Crippen molar-refractivity contribution in [2.75, 3.05) is 12.4 Å². The number of rotatable bonds is 7. The lowest BCUT2D eigenvalue weighted by molar-refractivity contribution is -0.274. The average Bonchev–Trinajstić information content (AvgIpc) is 2.78. The minimum Gasteiger partial charge on any atom is -0.493 e. The number of nitrogens with zero attached hydrogens (tertiary/aromatic N) is 1. The molecule has 0 saturated heterocycles. The summed E-state index contributed by atoms with van der Waals surface area (Å²) in [7, 11) is 1.09. The number of amides is 2. The van der Waals surface area contributed by atoms with Gasteiger partial charge in [-0.3, -0.25) is 9.59 Å². The first kappa shape index (κ1) is 27.1. The van der Waals surface area contributed by atoms with Crippen LogP contribution in [0.25, 0.3) is 0 Å². The van der Waals surface area contributed by atoms with Gasteiger partial charge in [0.2, 0.25) is 0 Å². The van der Waals surface area contributed by atoms with E-state index in [2.05, 4.69) is 15.0 Å². The molecular weight excluding hydrogens is 512 g/mol. The molecule has 3 N–H and O–H groups in total. The van der Waals surface area contributed by atoms with Crippen LogP contribution in [-0.4, -0.2) is 30.3 Å². The molecule has 0 aliphatic rings. The van der Waals surface area contributed by atoms with Crippen molar-refractivity contribution in [2.24, 2.45) is 5.73 Å². The molecule has 8 nitrogen and oxygen atoms in total. The highest BCUT2D eigenvalue weighted by Gasteiger charge is 2.34. The molecule has 0 aliphatic carbocycles. The molecule has 0 unspecified atom stereocenters. The van der Waals surface area contributed by atoms with Gasteiger partial charge in [0, 0.05) is 6.07 Å². The number of benzene rings is 2. The summed E-state index contributed by atoms with van der Waals surface area (Å²) in [6.45, 7) is 1.24. The lowest BCUT2D eigenvalue weighted by Gasteiger charge is -2.18. The Bertz CT molecular complexity index is 1320. The zero-order valence-corrected chi connectivity index (χ0v) is 19.0. The predicted octanol–water partition coefficient (Wildman–Crippen LogP) is 5.46. The predicted molar refractivity (Wildman–Crippen MR) is 117 cm³/mol. The zero-order valence-electron chi connectivity index (χ0n) is 19.0. The Labute approximate surface area is 205 Å². The SMILES string of the molecule is COc1cc(OC(F)(F)F)ccc1Oc1cc(C(F)(F)F)cc(C)c1C(=O)Nc1ccc(C(N)=O)nc1. The molecule has 2 amide bonds. The number of anilines is 1. The highest BCUT2D eigenvalue weighted by molar-refractivity contribution is 6.07. The van der Waals surface area contributed by atoms with E-state index in [9.17, 15) is 35.9 Å². The smallest absolute Gasteiger partial charge is 0.493 e. The lowest BCUT2D eigenvalue weighted by atomic mass is 10.0. The van der Waals surface area contributed by atoms with Crippen LogP contribution in [0.5, 0.6) is 23.0 Å². The molecule has 0 aliphatic heterocycles. The second kappa shape index (κ2) is 10.2. The fourth-order valence-electron chi connectivity index (χ4n) is 3.14. The van der Waals surface area contributed by atoms with E-state index in [0.717, 1.165) is 37.6 Å². The van der Waals surface area contributed by atoms with Gasteiger partial charge in [-0.25, -0.2) is 4.98 Å². The molecule has 0 atom stereocenters. The van der Waals surface area contributed by atoms with E-state index in [1.54, 1.807) is 0 Å². The Morgan fingerprint density at radius 2 is 1.65 bits per heavy atom. The van der Waals surface area contributed by atoms with Crippen LogP contribution in [0.2, 0.25) is 0 Å². The van der Waals surface area contributed by atoms with Crippen molar-refractivity contribution in [3.05, 3.63) is 71.0 Å². The molecule has 0 saturated carbocycles. The number of ether oxygens (including phenoxy) is 3. The van der Waals surface area contributed by atoms with Crippen LogP contribution in [0.15, 0.2) is 48.7 Å². The van der Waals surface area contributed by atoms with Gasteiger partial charge < -0.3 is 25.3 Å². The van der Waals surface area contributed by atoms with Crippen molar-refractivity contribution in [3.63, 3.8) is 0 Å². The molecule has 1 aromatic heterocycles. The van der Waals surface area contributed by atoms with Crippen LogP contribution in [0.3, 0.4) is 0 Å². The zero-order chi connectivity index (χ0) is 27.5. The second-order valence-corrected chi connectivity index (χ2v) is 7.38. The number of carbonyl (C=O) groups is 2. The number of hydrogen-bond donors (Lipinski definition) is 2. The largest absolute Gasteiger partial charge is 0.573 e. The molecule has 0 spiro atoms. The van der Waals surface area contributed by atoms with Crippen LogP contribution >= 0.6 is 0 Å². The number of halogens is 6. The van der Waals surface area contributed by atoms with Crippen molar-refractivity contribution in [3.8, 4) is 23.0 Å². The van der Waals surface area contributed by atoms with Gasteiger partial charge in [-0.1, -0.05) is 0 Å². The van der Waals surface area contributed by atoms with E-state index < -0.39 is 41.4 Å². The monoisotopic (exact) mass is 529 g/mol. The number of nitrogens with one attached hydrogen (secondary N) is 1. The number of hydrogen-bond acceptors (Lipinski definition) is 6. The normalized spacial score (nSPS) is 11.6. The minimum atomic E-state index is -5.00. The van der Waals surface area contributed by atoms with Crippen molar-refractivity contribution in [1.82, 2.24) is 4.98 Å². The van der Waals surface area contributed by atoms with E-state index >= 15 is 0 Å². The number of aryl methyl sites for hydroxylation is 1. The summed E-state index contributed by atoms with van der Waals surface area (Å²) >= 11 is 0. The fraction of sp³-hybridized carbons (Fsp3) is 0.174. The summed E-state index contributed by atoms with van der Waals surface area (Å²) in [6, 6.07) is 6.47. The first-order valence-electron chi connectivity index (χ1n) is 10.1. The van der Waals surface area contributed by atoms with Crippen LogP contribution in [-0.2, 0) is 6.18 Å². The third kappa shape index (κ3) is 6.80. The van der Waals surface area contributed by atoms with E-state index in [1.165, 1.54) is 19.1 Å². The highest BCUT2D eigenvalue weighted by Crippen LogP contribution is 2.41. The number of methoxy groups -OCH3 is 1. The molecule has 37 heavy (non-hydrogen) atoms. The molecule has 0 bridgehead atoms. The number of aromatic nitrogens is 1. The van der Waals surface area contributed by atoms with E-state index in [4.69, 9.17) is 15.2 Å². The van der Waals surface area contributed by atoms with E-state index in [1.807, 2.05) is 0 Å². The number of carbonyl (C=O) groups excluding carboxylic acids is 2. The Kier molecular flexibility index (Phi) is 7.50. The molecular formula is C23H17F6N3O5. The molecule has 2 aromatic carbocycles.